The molecule has 0 aliphatic carbocycles. The summed E-state index contributed by atoms with van der Waals surface area (Å²) in [6.07, 6.45) is -3.25. The van der Waals surface area contributed by atoms with Crippen LogP contribution in [0.1, 0.15) is 16.1 Å². The van der Waals surface area contributed by atoms with Crippen LogP contribution >= 0.6 is 0 Å². The maximum atomic E-state index is 14.3. The number of imidazole rings is 1. The Hall–Kier alpha value is -4.79. The number of nitrogens with zero attached hydrogens (tertiary/aromatic N) is 6. The zero-order chi connectivity index (χ0) is 32.4. The fraction of sp³-hybridized carbons (Fsp3) is 0.259. The molecule has 4 aromatic heterocycles. The van der Waals surface area contributed by atoms with Crippen LogP contribution < -0.4 is 20.9 Å². The first-order chi connectivity index (χ1) is 21.2. The second kappa shape index (κ2) is 9.94. The highest BCUT2D eigenvalue weighted by Crippen LogP contribution is 2.34. The van der Waals surface area contributed by atoms with Crippen LogP contribution in [-0.4, -0.2) is 56.8 Å². The Kier molecular flexibility index (Phi) is 5.65. The van der Waals surface area contributed by atoms with Gasteiger partial charge in [0.25, 0.3) is 5.56 Å². The molecule has 218 valence electrons. The van der Waals surface area contributed by atoms with E-state index in [4.69, 9.17) is 13.6 Å². The lowest BCUT2D eigenvalue weighted by Gasteiger charge is -2.21. The Balaban J connectivity index is 1.66. The van der Waals surface area contributed by atoms with E-state index in [1.54, 1.807) is 4.90 Å². The van der Waals surface area contributed by atoms with E-state index in [1.807, 2.05) is 0 Å². The highest BCUT2D eigenvalue weighted by Gasteiger charge is 2.35. The first-order valence-corrected chi connectivity index (χ1v) is 12.4. The Morgan fingerprint density at radius 3 is 2.64 bits per heavy atom. The van der Waals surface area contributed by atoms with Crippen molar-refractivity contribution in [1.82, 2.24) is 23.5 Å². The highest BCUT2D eigenvalue weighted by molar-refractivity contribution is 5.87. The van der Waals surface area contributed by atoms with E-state index in [2.05, 4.69) is 9.97 Å². The molecule has 0 unspecified atom stereocenters. The highest BCUT2D eigenvalue weighted by atomic mass is 19.4. The third-order valence-electron chi connectivity index (χ3n) is 7.02. The topological polar surface area (TPSA) is 95.9 Å². The summed E-state index contributed by atoms with van der Waals surface area (Å²) in [7, 11) is -1.48. The van der Waals surface area contributed by atoms with Crippen molar-refractivity contribution >= 4 is 22.4 Å². The largest absolute Gasteiger partial charge is 0.480 e. The van der Waals surface area contributed by atoms with E-state index in [9.17, 15) is 31.5 Å². The Bertz CT molecular complexity index is 2090. The first kappa shape index (κ1) is 23.9. The third kappa shape index (κ3) is 4.36. The molecule has 15 heteroatoms. The van der Waals surface area contributed by atoms with Crippen LogP contribution in [0.2, 0.25) is 0 Å². The number of aromatic nitrogens is 5. The Morgan fingerprint density at radius 1 is 1.10 bits per heavy atom. The van der Waals surface area contributed by atoms with Crippen LogP contribution in [0.25, 0.3) is 28.1 Å². The molecule has 1 aromatic carbocycles. The first-order valence-electron chi connectivity index (χ1n) is 13.9. The van der Waals surface area contributed by atoms with Gasteiger partial charge in [-0.25, -0.2) is 23.1 Å². The van der Waals surface area contributed by atoms with Gasteiger partial charge in [-0.3, -0.25) is 13.8 Å². The summed E-state index contributed by atoms with van der Waals surface area (Å²) in [5.41, 5.74) is -4.47. The van der Waals surface area contributed by atoms with Crippen molar-refractivity contribution in [3.63, 3.8) is 0 Å². The molecule has 1 saturated heterocycles. The number of hydrogen-bond donors (Lipinski definition) is 0. The van der Waals surface area contributed by atoms with Gasteiger partial charge in [0.1, 0.15) is 34.3 Å². The lowest BCUT2D eigenvalue weighted by atomic mass is 10.1. The molecule has 0 amide bonds. The monoisotopic (exact) mass is 591 g/mol. The molecule has 0 spiro atoms. The molecule has 5 heterocycles. The van der Waals surface area contributed by atoms with Gasteiger partial charge in [0, 0.05) is 38.5 Å². The normalized spacial score (nSPS) is 17.0. The van der Waals surface area contributed by atoms with Gasteiger partial charge in [0.2, 0.25) is 5.88 Å². The van der Waals surface area contributed by atoms with Gasteiger partial charge >= 0.3 is 11.9 Å². The Morgan fingerprint density at radius 2 is 1.90 bits per heavy atom. The zero-order valence-electron chi connectivity index (χ0n) is 24.5. The predicted octanol–water partition coefficient (Wildman–Crippen LogP) is 3.72. The summed E-state index contributed by atoms with van der Waals surface area (Å²) in [6.45, 7) is 0.297. The maximum absolute atomic E-state index is 14.3. The number of rotatable bonds is 5. The summed E-state index contributed by atoms with van der Waals surface area (Å²) in [6, 6.07) is 5.26. The van der Waals surface area contributed by atoms with Crippen molar-refractivity contribution in [2.75, 3.05) is 32.1 Å². The van der Waals surface area contributed by atoms with Crippen molar-refractivity contribution in [2.24, 2.45) is 0 Å². The number of anilines is 1. The molecule has 6 rings (SSSR count). The van der Waals surface area contributed by atoms with E-state index < -0.39 is 53.5 Å². The van der Waals surface area contributed by atoms with Crippen LogP contribution in [0.3, 0.4) is 0 Å². The summed E-state index contributed by atoms with van der Waals surface area (Å²) >= 11 is 0. The van der Waals surface area contributed by atoms with Crippen molar-refractivity contribution in [1.29, 1.82) is 0 Å². The summed E-state index contributed by atoms with van der Waals surface area (Å²) in [5, 5.41) is -0.328. The average molecular weight is 592 g/mol. The molecular formula is C27H21F5N6O4. The third-order valence-corrected chi connectivity index (χ3v) is 7.02. The van der Waals surface area contributed by atoms with E-state index in [0.29, 0.717) is 16.7 Å². The van der Waals surface area contributed by atoms with Crippen molar-refractivity contribution in [3.05, 3.63) is 86.8 Å². The Labute approximate surface area is 237 Å². The fourth-order valence-corrected chi connectivity index (χ4v) is 5.05. The number of alkyl halides is 3. The number of methoxy groups -OCH3 is 2. The minimum absolute atomic E-state index is 0.0207. The molecule has 1 atom stereocenters. The summed E-state index contributed by atoms with van der Waals surface area (Å²) < 4.78 is 105. The van der Waals surface area contributed by atoms with E-state index in [1.165, 1.54) is 23.8 Å². The van der Waals surface area contributed by atoms with Crippen LogP contribution in [0.4, 0.5) is 27.8 Å². The van der Waals surface area contributed by atoms with E-state index >= 15 is 0 Å². The van der Waals surface area contributed by atoms with Gasteiger partial charge in [0.05, 0.1) is 40.3 Å². The number of pyridine rings is 2. The zero-order valence-corrected chi connectivity index (χ0v) is 21.5. The molecule has 42 heavy (non-hydrogen) atoms. The molecule has 1 fully saturated rings. The number of benzene rings is 1. The second-order valence-corrected chi connectivity index (χ2v) is 9.47. The minimum atomic E-state index is -5.13. The van der Waals surface area contributed by atoms with Gasteiger partial charge < -0.3 is 14.4 Å². The molecular weight excluding hydrogens is 567 g/mol. The fourth-order valence-electron chi connectivity index (χ4n) is 5.05. The quantitative estimate of drug-likeness (QED) is 0.288. The van der Waals surface area contributed by atoms with Crippen molar-refractivity contribution in [2.45, 2.75) is 18.7 Å². The van der Waals surface area contributed by atoms with Crippen molar-refractivity contribution in [3.8, 4) is 17.4 Å². The lowest BCUT2D eigenvalue weighted by Crippen LogP contribution is -2.39. The summed E-state index contributed by atoms with van der Waals surface area (Å²) in [5.74, 6) is -2.62. The van der Waals surface area contributed by atoms with Gasteiger partial charge in [-0.1, -0.05) is 0 Å². The van der Waals surface area contributed by atoms with Crippen LogP contribution in [-0.2, 0) is 10.9 Å². The standard InChI is InChI=1S/C27H21F5N6O4/c1-41-16-6-7-35(13-16)21-11-19-23(24(34-21)42-2)25(39)38(22-12-33-20-9-14(28)5-8-36(20)22)26(40)37(19)15-3-4-18(29)17(10-15)27(30,31)32/h3-5,8-12,16H,6-7,13H2,1-2H3/t16-/m1/s1/i1D3. The van der Waals surface area contributed by atoms with E-state index in [0.717, 1.165) is 29.0 Å². The molecule has 10 nitrogen and oxygen atoms in total. The number of fused-ring (bicyclic) bond motifs is 2. The van der Waals surface area contributed by atoms with Gasteiger partial charge in [-0.2, -0.15) is 18.2 Å². The maximum Gasteiger partial charge on any atom is 0.419 e. The van der Waals surface area contributed by atoms with Crippen LogP contribution in [0.15, 0.2) is 58.4 Å². The molecule has 0 N–H and O–H groups in total. The molecule has 1 aliphatic rings. The van der Waals surface area contributed by atoms with Gasteiger partial charge in [0.15, 0.2) is 0 Å². The lowest BCUT2D eigenvalue weighted by molar-refractivity contribution is -0.140. The van der Waals surface area contributed by atoms with Crippen LogP contribution in [0.5, 0.6) is 5.88 Å². The number of ether oxygens (including phenoxy) is 2. The molecule has 1 aliphatic heterocycles. The minimum Gasteiger partial charge on any atom is -0.480 e. The number of halogens is 5. The second-order valence-electron chi connectivity index (χ2n) is 9.47. The molecule has 0 bridgehead atoms. The van der Waals surface area contributed by atoms with Crippen LogP contribution in [0, 0.1) is 11.6 Å². The van der Waals surface area contributed by atoms with Gasteiger partial charge in [-0.15, -0.1) is 0 Å². The molecule has 5 aromatic rings. The SMILES string of the molecule is [2H]C([2H])([2H])O[C@@H]1CCN(c2cc3c(c(OC)n2)c(=O)n(-c2cnc4cc(F)ccn24)c(=O)n3-c2ccc(F)c(C(F)(F)F)c2)C1. The van der Waals surface area contributed by atoms with E-state index in [-0.39, 0.29) is 53.6 Å². The summed E-state index contributed by atoms with van der Waals surface area (Å²) in [4.78, 5) is 38.2. The number of hydrogen-bond acceptors (Lipinski definition) is 7. The smallest absolute Gasteiger partial charge is 0.419 e. The predicted molar refractivity (Wildman–Crippen MR) is 141 cm³/mol. The molecule has 0 radical (unpaired) electrons. The average Bonchev–Trinajstić information content (AvgIpc) is 3.58. The van der Waals surface area contributed by atoms with Gasteiger partial charge in [-0.05, 0) is 30.7 Å². The molecule has 0 saturated carbocycles. The van der Waals surface area contributed by atoms with Crippen molar-refractivity contribution < 1.29 is 35.5 Å².